The summed E-state index contributed by atoms with van der Waals surface area (Å²) in [5, 5.41) is 3.45. The lowest BCUT2D eigenvalue weighted by atomic mass is 9.94. The molecule has 22 heavy (non-hydrogen) atoms. The van der Waals surface area contributed by atoms with Crippen LogP contribution in [0.2, 0.25) is 0 Å². The van der Waals surface area contributed by atoms with Crippen LogP contribution in [-0.4, -0.2) is 45.9 Å². The van der Waals surface area contributed by atoms with Crippen LogP contribution in [0, 0.1) is 18.8 Å². The number of likely N-dealkylation sites (tertiary alicyclic amines) is 1. The van der Waals surface area contributed by atoms with Gasteiger partial charge in [-0.25, -0.2) is 4.98 Å². The first kappa shape index (κ1) is 13.7. The Balaban J connectivity index is 1.66. The highest BCUT2D eigenvalue weighted by atomic mass is 19.1. The molecule has 0 bridgehead atoms. The normalized spacial score (nSPS) is 24.7. The number of amides is 1. The molecule has 0 radical (unpaired) electrons. The second kappa shape index (κ2) is 5.05. The molecular weight excluding hydrogens is 283 g/mol. The van der Waals surface area contributed by atoms with Gasteiger partial charge >= 0.3 is 0 Å². The molecule has 6 heteroatoms. The van der Waals surface area contributed by atoms with E-state index in [2.05, 4.69) is 10.3 Å². The number of piperidine rings is 1. The molecule has 2 aliphatic heterocycles. The number of carbonyl (C=O) groups excluding carboxylic acids is 1. The number of pyridine rings is 1. The highest BCUT2D eigenvalue weighted by Gasteiger charge is 2.38. The minimum absolute atomic E-state index is 0.0621. The summed E-state index contributed by atoms with van der Waals surface area (Å²) in [4.78, 5) is 18.7. The van der Waals surface area contributed by atoms with Crippen molar-refractivity contribution in [2.45, 2.75) is 25.8 Å². The van der Waals surface area contributed by atoms with Crippen molar-refractivity contribution in [2.75, 3.05) is 19.6 Å². The van der Waals surface area contributed by atoms with Crippen LogP contribution in [0.25, 0.3) is 5.65 Å². The van der Waals surface area contributed by atoms with E-state index in [0.29, 0.717) is 30.7 Å². The van der Waals surface area contributed by atoms with Crippen molar-refractivity contribution in [1.29, 1.82) is 0 Å². The maximum absolute atomic E-state index is 14.5. The van der Waals surface area contributed by atoms with E-state index < -0.39 is 5.95 Å². The number of aryl methyl sites for hydroxylation is 1. The van der Waals surface area contributed by atoms with Gasteiger partial charge in [-0.15, -0.1) is 0 Å². The van der Waals surface area contributed by atoms with E-state index in [-0.39, 0.29) is 11.6 Å². The van der Waals surface area contributed by atoms with E-state index in [0.717, 1.165) is 24.9 Å². The van der Waals surface area contributed by atoms with Crippen molar-refractivity contribution in [3.8, 4) is 0 Å². The number of halogens is 1. The smallest absolute Gasteiger partial charge is 0.277 e. The Labute approximate surface area is 128 Å². The van der Waals surface area contributed by atoms with Crippen LogP contribution in [0.1, 0.15) is 28.9 Å². The van der Waals surface area contributed by atoms with Gasteiger partial charge in [-0.2, -0.15) is 4.39 Å². The van der Waals surface area contributed by atoms with Gasteiger partial charge in [0, 0.05) is 25.3 Å². The van der Waals surface area contributed by atoms with Gasteiger partial charge in [0.1, 0.15) is 5.65 Å². The van der Waals surface area contributed by atoms with Gasteiger partial charge in [-0.05, 0) is 43.9 Å². The molecule has 2 aromatic heterocycles. The Morgan fingerprint density at radius 3 is 3.09 bits per heavy atom. The minimum atomic E-state index is -0.563. The highest BCUT2D eigenvalue weighted by Crippen LogP contribution is 2.26. The number of carbonyl (C=O) groups is 1. The Hall–Kier alpha value is -1.95. The molecule has 2 aromatic rings. The van der Waals surface area contributed by atoms with Gasteiger partial charge in [0.15, 0.2) is 5.69 Å². The van der Waals surface area contributed by atoms with Crippen molar-refractivity contribution in [1.82, 2.24) is 19.6 Å². The summed E-state index contributed by atoms with van der Waals surface area (Å²) in [5.41, 5.74) is 1.31. The summed E-state index contributed by atoms with van der Waals surface area (Å²) < 4.78 is 15.9. The number of nitrogens with one attached hydrogen (secondary N) is 1. The Bertz CT molecular complexity index is 727. The molecule has 1 N–H and O–H groups in total. The van der Waals surface area contributed by atoms with E-state index >= 15 is 0 Å². The third-order valence-corrected chi connectivity index (χ3v) is 4.88. The average molecular weight is 302 g/mol. The number of hydrogen-bond acceptors (Lipinski definition) is 3. The largest absolute Gasteiger partial charge is 0.335 e. The topological polar surface area (TPSA) is 49.6 Å². The van der Waals surface area contributed by atoms with E-state index in [1.165, 1.54) is 4.40 Å². The molecule has 116 valence electrons. The standard InChI is InChI=1S/C16H19FN4O/c1-10-4-3-7-21-14(17)13(19-15(10)21)16(22)20-8-11-5-2-6-18-12(11)9-20/h3-4,7,11-12,18H,2,5-6,8-9H2,1H3/t11-,12+/m1/s1. The predicted octanol–water partition coefficient (Wildman–Crippen LogP) is 1.61. The van der Waals surface area contributed by atoms with E-state index in [1.807, 2.05) is 13.0 Å². The first-order valence-electron chi connectivity index (χ1n) is 7.81. The van der Waals surface area contributed by atoms with Crippen LogP contribution in [0.4, 0.5) is 4.39 Å². The van der Waals surface area contributed by atoms with E-state index in [4.69, 9.17) is 0 Å². The van der Waals surface area contributed by atoms with Crippen LogP contribution < -0.4 is 5.32 Å². The molecule has 2 fully saturated rings. The molecule has 2 saturated heterocycles. The second-order valence-electron chi connectivity index (χ2n) is 6.31. The lowest BCUT2D eigenvalue weighted by molar-refractivity contribution is 0.0775. The summed E-state index contributed by atoms with van der Waals surface area (Å²) in [5.74, 6) is -0.372. The number of imidazole rings is 1. The van der Waals surface area contributed by atoms with Gasteiger partial charge in [-0.3, -0.25) is 9.20 Å². The van der Waals surface area contributed by atoms with Crippen LogP contribution in [0.5, 0.6) is 0 Å². The highest BCUT2D eigenvalue weighted by molar-refractivity contribution is 5.93. The first-order chi connectivity index (χ1) is 10.6. The summed E-state index contributed by atoms with van der Waals surface area (Å²) in [6.45, 7) is 4.22. The summed E-state index contributed by atoms with van der Waals surface area (Å²) in [6, 6.07) is 3.97. The quantitative estimate of drug-likeness (QED) is 0.870. The van der Waals surface area contributed by atoms with Crippen LogP contribution >= 0.6 is 0 Å². The monoisotopic (exact) mass is 302 g/mol. The fraction of sp³-hybridized carbons (Fsp3) is 0.500. The van der Waals surface area contributed by atoms with Crippen molar-refractivity contribution < 1.29 is 9.18 Å². The Kier molecular flexibility index (Phi) is 3.14. The van der Waals surface area contributed by atoms with Crippen molar-refractivity contribution >= 4 is 11.6 Å². The fourth-order valence-corrected chi connectivity index (χ4v) is 3.67. The SMILES string of the molecule is Cc1cccn2c(F)c(C(=O)N3C[C@H]4CCCN[C@H]4C3)nc12. The van der Waals surface area contributed by atoms with Gasteiger partial charge in [0.25, 0.3) is 5.91 Å². The zero-order chi connectivity index (χ0) is 15.3. The average Bonchev–Trinajstić information content (AvgIpc) is 3.09. The van der Waals surface area contributed by atoms with Crippen molar-refractivity contribution in [3.05, 3.63) is 35.5 Å². The molecule has 0 aromatic carbocycles. The lowest BCUT2D eigenvalue weighted by Crippen LogP contribution is -2.41. The summed E-state index contributed by atoms with van der Waals surface area (Å²) in [6.07, 6.45) is 3.88. The zero-order valence-electron chi connectivity index (χ0n) is 12.6. The zero-order valence-corrected chi connectivity index (χ0v) is 12.6. The van der Waals surface area contributed by atoms with Crippen LogP contribution in [0.3, 0.4) is 0 Å². The van der Waals surface area contributed by atoms with E-state index in [1.54, 1.807) is 17.2 Å². The summed E-state index contributed by atoms with van der Waals surface area (Å²) in [7, 11) is 0. The molecule has 0 aliphatic carbocycles. The van der Waals surface area contributed by atoms with Crippen LogP contribution in [0.15, 0.2) is 18.3 Å². The fourth-order valence-electron chi connectivity index (χ4n) is 3.67. The van der Waals surface area contributed by atoms with Gasteiger partial charge in [-0.1, -0.05) is 6.07 Å². The predicted molar refractivity (Wildman–Crippen MR) is 80.3 cm³/mol. The number of aromatic nitrogens is 2. The Morgan fingerprint density at radius 2 is 2.32 bits per heavy atom. The third-order valence-electron chi connectivity index (χ3n) is 4.88. The maximum atomic E-state index is 14.5. The Morgan fingerprint density at radius 1 is 1.45 bits per heavy atom. The molecule has 1 amide bonds. The molecular formula is C16H19FN4O. The van der Waals surface area contributed by atoms with Gasteiger partial charge in [0.2, 0.25) is 5.95 Å². The molecule has 4 heterocycles. The number of fused-ring (bicyclic) bond motifs is 2. The number of nitrogens with zero attached hydrogens (tertiary/aromatic N) is 3. The van der Waals surface area contributed by atoms with Crippen LogP contribution in [-0.2, 0) is 0 Å². The second-order valence-corrected chi connectivity index (χ2v) is 6.31. The molecule has 0 saturated carbocycles. The molecule has 0 unspecified atom stereocenters. The third kappa shape index (κ3) is 2.01. The maximum Gasteiger partial charge on any atom is 0.277 e. The van der Waals surface area contributed by atoms with Gasteiger partial charge < -0.3 is 10.2 Å². The van der Waals surface area contributed by atoms with Crippen molar-refractivity contribution in [2.24, 2.45) is 5.92 Å². The molecule has 4 rings (SSSR count). The molecule has 2 atom stereocenters. The molecule has 5 nitrogen and oxygen atoms in total. The molecule has 2 aliphatic rings. The lowest BCUT2D eigenvalue weighted by Gasteiger charge is -2.24. The van der Waals surface area contributed by atoms with Gasteiger partial charge in [0.05, 0.1) is 0 Å². The molecule has 0 spiro atoms. The van der Waals surface area contributed by atoms with Crippen molar-refractivity contribution in [3.63, 3.8) is 0 Å². The minimum Gasteiger partial charge on any atom is -0.335 e. The first-order valence-corrected chi connectivity index (χ1v) is 7.81. The summed E-state index contributed by atoms with van der Waals surface area (Å²) >= 11 is 0. The number of hydrogen-bond donors (Lipinski definition) is 1. The number of rotatable bonds is 1. The van der Waals surface area contributed by atoms with E-state index in [9.17, 15) is 9.18 Å².